The third-order valence-electron chi connectivity index (χ3n) is 4.66. The molecule has 1 atom stereocenters. The number of benzene rings is 1. The monoisotopic (exact) mass is 372 g/mol. The topological polar surface area (TPSA) is 59.5 Å². The summed E-state index contributed by atoms with van der Waals surface area (Å²) in [6.45, 7) is 5.51. The van der Waals surface area contributed by atoms with Gasteiger partial charge >= 0.3 is 5.97 Å². The highest BCUT2D eigenvalue weighted by Gasteiger charge is 2.22. The van der Waals surface area contributed by atoms with Crippen molar-refractivity contribution < 1.29 is 14.3 Å². The minimum absolute atomic E-state index is 0.129. The summed E-state index contributed by atoms with van der Waals surface area (Å²) in [5.41, 5.74) is 2.49. The number of rotatable bonds is 5. The van der Waals surface area contributed by atoms with Gasteiger partial charge in [-0.2, -0.15) is 0 Å². The highest BCUT2D eigenvalue weighted by Crippen LogP contribution is 2.24. The van der Waals surface area contributed by atoms with Crippen molar-refractivity contribution in [3.05, 3.63) is 40.9 Å². The number of carbonyl (C=O) groups is 2. The predicted octanol–water partition coefficient (Wildman–Crippen LogP) is 3.79. The van der Waals surface area contributed by atoms with Crippen LogP contribution in [0.5, 0.6) is 0 Å². The van der Waals surface area contributed by atoms with Gasteiger partial charge in [0.15, 0.2) is 12.3 Å². The van der Waals surface area contributed by atoms with Crippen LogP contribution in [0.15, 0.2) is 29.6 Å². The van der Waals surface area contributed by atoms with E-state index in [-0.39, 0.29) is 18.2 Å². The van der Waals surface area contributed by atoms with Gasteiger partial charge in [-0.05, 0) is 30.7 Å². The molecule has 2 aromatic rings. The van der Waals surface area contributed by atoms with E-state index in [0.29, 0.717) is 5.92 Å². The second-order valence-electron chi connectivity index (χ2n) is 6.75. The van der Waals surface area contributed by atoms with Gasteiger partial charge in [0.1, 0.15) is 5.01 Å². The number of esters is 1. The number of hydrogen-bond donors (Lipinski definition) is 0. The lowest BCUT2D eigenvalue weighted by Gasteiger charge is -2.30. The first-order valence-electron chi connectivity index (χ1n) is 9.06. The van der Waals surface area contributed by atoms with Crippen LogP contribution >= 0.6 is 11.3 Å². The third kappa shape index (κ3) is 4.49. The van der Waals surface area contributed by atoms with Gasteiger partial charge in [-0.15, -0.1) is 11.3 Å². The fourth-order valence-electron chi connectivity index (χ4n) is 3.09. The summed E-state index contributed by atoms with van der Waals surface area (Å²) in [4.78, 5) is 30.5. The summed E-state index contributed by atoms with van der Waals surface area (Å²) < 4.78 is 5.18. The van der Waals surface area contributed by atoms with Crippen LogP contribution < -0.4 is 0 Å². The number of aryl methyl sites for hydroxylation is 1. The largest absolute Gasteiger partial charge is 0.451 e. The zero-order valence-electron chi connectivity index (χ0n) is 15.2. The van der Waals surface area contributed by atoms with Crippen LogP contribution in [-0.2, 0) is 16.0 Å². The Hall–Kier alpha value is -2.21. The van der Waals surface area contributed by atoms with Crippen molar-refractivity contribution in [2.24, 2.45) is 5.92 Å². The van der Waals surface area contributed by atoms with Crippen molar-refractivity contribution in [2.75, 3.05) is 19.7 Å². The Morgan fingerprint density at radius 3 is 2.77 bits per heavy atom. The summed E-state index contributed by atoms with van der Waals surface area (Å²) in [5.74, 6) is -0.171. The van der Waals surface area contributed by atoms with Crippen LogP contribution in [0.2, 0.25) is 0 Å². The SMILES string of the molecule is CCc1ccc(-c2nc(C(=O)OCC(=O)N3CCC[C@H](C)C3)cs2)cc1. The zero-order chi connectivity index (χ0) is 18.5. The minimum Gasteiger partial charge on any atom is -0.451 e. The molecule has 0 unspecified atom stereocenters. The Kier molecular flexibility index (Phi) is 6.04. The van der Waals surface area contributed by atoms with E-state index in [2.05, 4.69) is 31.0 Å². The Morgan fingerprint density at radius 1 is 1.31 bits per heavy atom. The quantitative estimate of drug-likeness (QED) is 0.749. The number of aromatic nitrogens is 1. The summed E-state index contributed by atoms with van der Waals surface area (Å²) in [7, 11) is 0. The number of ether oxygens (including phenoxy) is 1. The molecule has 1 saturated heterocycles. The van der Waals surface area contributed by atoms with Gasteiger partial charge in [-0.1, -0.05) is 38.1 Å². The molecule has 26 heavy (non-hydrogen) atoms. The summed E-state index contributed by atoms with van der Waals surface area (Å²) in [6.07, 6.45) is 3.14. The lowest BCUT2D eigenvalue weighted by molar-refractivity contribution is -0.136. The van der Waals surface area contributed by atoms with Crippen LogP contribution in [0.4, 0.5) is 0 Å². The van der Waals surface area contributed by atoms with E-state index >= 15 is 0 Å². The molecule has 1 aliphatic heterocycles. The molecule has 1 fully saturated rings. The Balaban J connectivity index is 1.56. The highest BCUT2D eigenvalue weighted by atomic mass is 32.1. The van der Waals surface area contributed by atoms with Gasteiger partial charge in [0.05, 0.1) is 0 Å². The molecule has 1 amide bonds. The van der Waals surface area contributed by atoms with E-state index in [4.69, 9.17) is 4.74 Å². The maximum absolute atomic E-state index is 12.2. The number of thiazole rings is 1. The molecule has 0 radical (unpaired) electrons. The first-order chi connectivity index (χ1) is 12.6. The van der Waals surface area contributed by atoms with Gasteiger partial charge < -0.3 is 9.64 Å². The zero-order valence-corrected chi connectivity index (χ0v) is 16.1. The molecular weight excluding hydrogens is 348 g/mol. The van der Waals surface area contributed by atoms with Crippen LogP contribution in [0.1, 0.15) is 42.7 Å². The molecule has 0 N–H and O–H groups in total. The Labute approximate surface area is 158 Å². The lowest BCUT2D eigenvalue weighted by atomic mass is 10.0. The van der Waals surface area contributed by atoms with E-state index < -0.39 is 5.97 Å². The number of likely N-dealkylation sites (tertiary alicyclic amines) is 1. The van der Waals surface area contributed by atoms with Crippen LogP contribution in [-0.4, -0.2) is 41.5 Å². The Morgan fingerprint density at radius 2 is 2.08 bits per heavy atom. The second-order valence-corrected chi connectivity index (χ2v) is 7.61. The van der Waals surface area contributed by atoms with E-state index in [1.165, 1.54) is 16.9 Å². The van der Waals surface area contributed by atoms with Gasteiger partial charge in [0.2, 0.25) is 0 Å². The van der Waals surface area contributed by atoms with Gasteiger partial charge in [-0.3, -0.25) is 4.79 Å². The van der Waals surface area contributed by atoms with Crippen molar-refractivity contribution in [3.8, 4) is 10.6 Å². The van der Waals surface area contributed by atoms with E-state index in [0.717, 1.165) is 42.9 Å². The van der Waals surface area contributed by atoms with Gasteiger partial charge in [0, 0.05) is 24.0 Å². The smallest absolute Gasteiger partial charge is 0.358 e. The van der Waals surface area contributed by atoms with Crippen molar-refractivity contribution in [1.29, 1.82) is 0 Å². The third-order valence-corrected chi connectivity index (χ3v) is 5.55. The van der Waals surface area contributed by atoms with E-state index in [1.54, 1.807) is 10.3 Å². The molecule has 1 aromatic carbocycles. The molecule has 3 rings (SSSR count). The molecule has 0 bridgehead atoms. The van der Waals surface area contributed by atoms with Crippen molar-refractivity contribution >= 4 is 23.2 Å². The maximum Gasteiger partial charge on any atom is 0.358 e. The molecule has 0 saturated carbocycles. The molecule has 1 aromatic heterocycles. The number of carbonyl (C=O) groups excluding carboxylic acids is 2. The van der Waals surface area contributed by atoms with Crippen molar-refractivity contribution in [1.82, 2.24) is 9.88 Å². The maximum atomic E-state index is 12.2. The number of hydrogen-bond acceptors (Lipinski definition) is 5. The van der Waals surface area contributed by atoms with Gasteiger partial charge in [-0.25, -0.2) is 9.78 Å². The average molecular weight is 372 g/mol. The summed E-state index contributed by atoms with van der Waals surface area (Å²) in [6, 6.07) is 8.14. The first-order valence-corrected chi connectivity index (χ1v) is 9.94. The second kappa shape index (κ2) is 8.45. The standard InChI is InChI=1S/C20H24N2O3S/c1-3-15-6-8-16(9-7-15)19-21-17(13-26-19)20(24)25-12-18(23)22-10-4-5-14(2)11-22/h6-9,13-14H,3-5,10-12H2,1-2H3/t14-/m0/s1. The summed E-state index contributed by atoms with van der Waals surface area (Å²) in [5, 5.41) is 2.45. The van der Waals surface area contributed by atoms with Gasteiger partial charge in [0.25, 0.3) is 5.91 Å². The summed E-state index contributed by atoms with van der Waals surface area (Å²) >= 11 is 1.40. The molecule has 0 aliphatic carbocycles. The molecule has 0 spiro atoms. The molecular formula is C20H24N2O3S. The van der Waals surface area contributed by atoms with Crippen LogP contribution in [0, 0.1) is 5.92 Å². The predicted molar refractivity (Wildman–Crippen MR) is 102 cm³/mol. The lowest BCUT2D eigenvalue weighted by Crippen LogP contribution is -2.41. The fraction of sp³-hybridized carbons (Fsp3) is 0.450. The van der Waals surface area contributed by atoms with Crippen LogP contribution in [0.3, 0.4) is 0 Å². The van der Waals surface area contributed by atoms with Crippen LogP contribution in [0.25, 0.3) is 10.6 Å². The minimum atomic E-state index is -0.545. The molecule has 2 heterocycles. The molecule has 138 valence electrons. The molecule has 6 heteroatoms. The average Bonchev–Trinajstić information content (AvgIpc) is 3.16. The number of nitrogens with zero attached hydrogens (tertiary/aromatic N) is 2. The number of piperidine rings is 1. The normalized spacial score (nSPS) is 17.2. The molecule has 5 nitrogen and oxygen atoms in total. The highest BCUT2D eigenvalue weighted by molar-refractivity contribution is 7.13. The molecule has 1 aliphatic rings. The van der Waals surface area contributed by atoms with Crippen molar-refractivity contribution in [2.45, 2.75) is 33.1 Å². The first kappa shape index (κ1) is 18.6. The number of amides is 1. The Bertz CT molecular complexity index is 770. The van der Waals surface area contributed by atoms with Crippen molar-refractivity contribution in [3.63, 3.8) is 0 Å². The fourth-order valence-corrected chi connectivity index (χ4v) is 3.89. The van der Waals surface area contributed by atoms with E-state index in [9.17, 15) is 9.59 Å². The van der Waals surface area contributed by atoms with E-state index in [1.807, 2.05) is 12.1 Å².